The Morgan fingerprint density at radius 3 is 2.33 bits per heavy atom. The van der Waals surface area contributed by atoms with Crippen molar-refractivity contribution in [2.45, 2.75) is 60.8 Å². The molecule has 0 bridgehead atoms. The van der Waals surface area contributed by atoms with Gasteiger partial charge in [-0.15, -0.1) is 0 Å². The number of carbonyl (C=O) groups excluding carboxylic acids is 1. The lowest BCUT2D eigenvalue weighted by molar-refractivity contribution is 0.0983. The number of hydrogen-bond acceptors (Lipinski definition) is 3. The van der Waals surface area contributed by atoms with E-state index in [-0.39, 0.29) is 5.78 Å². The van der Waals surface area contributed by atoms with Crippen LogP contribution in [0.5, 0.6) is 0 Å². The maximum absolute atomic E-state index is 13.2. The van der Waals surface area contributed by atoms with Crippen LogP contribution >= 0.6 is 0 Å². The van der Waals surface area contributed by atoms with Crippen LogP contribution in [0.2, 0.25) is 0 Å². The van der Waals surface area contributed by atoms with E-state index in [4.69, 9.17) is 0 Å². The molecule has 0 saturated heterocycles. The highest BCUT2D eigenvalue weighted by atomic mass is 16.1. The topological polar surface area (TPSA) is 42.0 Å². The van der Waals surface area contributed by atoms with Crippen molar-refractivity contribution in [3.05, 3.63) is 113 Å². The highest BCUT2D eigenvalue weighted by Crippen LogP contribution is 2.31. The van der Waals surface area contributed by atoms with Crippen molar-refractivity contribution in [1.29, 1.82) is 0 Å². The van der Waals surface area contributed by atoms with Gasteiger partial charge in [-0.2, -0.15) is 0 Å². The van der Waals surface area contributed by atoms with Crippen LogP contribution in [0.3, 0.4) is 0 Å². The highest BCUT2D eigenvalue weighted by Gasteiger charge is 2.16. The molecule has 0 amide bonds. The molecule has 0 saturated carbocycles. The predicted molar refractivity (Wildman–Crippen MR) is 156 cm³/mol. The second-order valence-electron chi connectivity index (χ2n) is 8.92. The quantitative estimate of drug-likeness (QED) is 0.220. The Hall–Kier alpha value is -3.46. The molecule has 3 nitrogen and oxygen atoms in total. The molecule has 0 atom stereocenters. The van der Waals surface area contributed by atoms with Gasteiger partial charge in [0.25, 0.3) is 0 Å². The zero-order valence-corrected chi connectivity index (χ0v) is 22.8. The lowest BCUT2D eigenvalue weighted by Crippen LogP contribution is -2.12. The second-order valence-corrected chi connectivity index (χ2v) is 8.92. The van der Waals surface area contributed by atoms with E-state index >= 15 is 0 Å². The van der Waals surface area contributed by atoms with E-state index in [1.165, 1.54) is 16.7 Å². The summed E-state index contributed by atoms with van der Waals surface area (Å²) in [5, 5.41) is 3.54. The summed E-state index contributed by atoms with van der Waals surface area (Å²) in [4.78, 5) is 17.7. The molecule has 2 aromatic carbocycles. The van der Waals surface area contributed by atoms with Gasteiger partial charge in [0, 0.05) is 42.5 Å². The lowest BCUT2D eigenvalue weighted by Gasteiger charge is -2.18. The van der Waals surface area contributed by atoms with Gasteiger partial charge in [0.05, 0.1) is 0 Å². The first kappa shape index (κ1) is 28.8. The number of pyridine rings is 1. The molecule has 36 heavy (non-hydrogen) atoms. The van der Waals surface area contributed by atoms with Gasteiger partial charge in [0.15, 0.2) is 5.78 Å². The molecule has 190 valence electrons. The van der Waals surface area contributed by atoms with E-state index in [1.54, 1.807) is 0 Å². The van der Waals surface area contributed by atoms with E-state index in [0.29, 0.717) is 18.9 Å². The van der Waals surface area contributed by atoms with Gasteiger partial charge in [-0.3, -0.25) is 9.78 Å². The summed E-state index contributed by atoms with van der Waals surface area (Å²) < 4.78 is 0. The van der Waals surface area contributed by atoms with Gasteiger partial charge in [-0.1, -0.05) is 82.3 Å². The Labute approximate surface area is 218 Å². The van der Waals surface area contributed by atoms with E-state index in [2.05, 4.69) is 67.5 Å². The normalized spacial score (nSPS) is 11.6. The minimum Gasteiger partial charge on any atom is -0.384 e. The molecule has 0 spiro atoms. The smallest absolute Gasteiger partial charge is 0.165 e. The van der Waals surface area contributed by atoms with Crippen LogP contribution in [-0.4, -0.2) is 17.3 Å². The third kappa shape index (κ3) is 8.64. The highest BCUT2D eigenvalue weighted by molar-refractivity contribution is 6.02. The number of allylic oxidation sites excluding steroid dienone is 4. The first-order chi connectivity index (χ1) is 17.5. The van der Waals surface area contributed by atoms with Gasteiger partial charge in [-0.05, 0) is 72.7 Å². The third-order valence-corrected chi connectivity index (χ3v) is 5.96. The lowest BCUT2D eigenvalue weighted by atomic mass is 9.89. The molecule has 0 aliphatic rings. The molecular formula is C33H42N2O. The molecule has 1 heterocycles. The molecule has 0 fully saturated rings. The van der Waals surface area contributed by atoms with Crippen molar-refractivity contribution in [2.75, 3.05) is 11.9 Å². The summed E-state index contributed by atoms with van der Waals surface area (Å²) in [6, 6.07) is 22.4. The Kier molecular flexibility index (Phi) is 12.4. The second kappa shape index (κ2) is 15.5. The maximum atomic E-state index is 13.2. The molecular weight excluding hydrogens is 440 g/mol. The molecule has 1 aromatic heterocycles. The Morgan fingerprint density at radius 2 is 1.69 bits per heavy atom. The number of Topliss-reactive ketones (excluding diaryl/α,β-unsaturated/α-hetero) is 1. The molecule has 3 rings (SSSR count). The number of nitrogens with zero attached hydrogens (tertiary/aromatic N) is 1. The SMILES string of the molecule is C/C=C\C(C)=C(\c1ccc(C(=O)CCc2ccccc2)c(NCCc2ccccn2)c1)C(C)C.CC. The molecule has 0 radical (unpaired) electrons. The molecule has 0 unspecified atom stereocenters. The summed E-state index contributed by atoms with van der Waals surface area (Å²) >= 11 is 0. The Bertz CT molecular complexity index is 1130. The van der Waals surface area contributed by atoms with E-state index in [0.717, 1.165) is 35.3 Å². The van der Waals surface area contributed by atoms with Gasteiger partial charge in [-0.25, -0.2) is 0 Å². The zero-order valence-electron chi connectivity index (χ0n) is 22.8. The molecule has 0 aliphatic carbocycles. The third-order valence-electron chi connectivity index (χ3n) is 5.96. The average Bonchev–Trinajstić information content (AvgIpc) is 2.90. The summed E-state index contributed by atoms with van der Waals surface area (Å²) in [5.74, 6) is 0.535. The monoisotopic (exact) mass is 482 g/mol. The molecule has 3 aromatic rings. The van der Waals surface area contributed by atoms with E-state index in [1.807, 2.05) is 69.4 Å². The number of aromatic nitrogens is 1. The number of rotatable bonds is 11. The van der Waals surface area contributed by atoms with E-state index < -0.39 is 0 Å². The number of aryl methyl sites for hydroxylation is 1. The maximum Gasteiger partial charge on any atom is 0.165 e. The number of hydrogen-bond donors (Lipinski definition) is 1. The van der Waals surface area contributed by atoms with Gasteiger partial charge in [0.1, 0.15) is 0 Å². The van der Waals surface area contributed by atoms with Gasteiger partial charge in [0.2, 0.25) is 0 Å². The summed E-state index contributed by atoms with van der Waals surface area (Å²) in [7, 11) is 0. The van der Waals surface area contributed by atoms with Crippen molar-refractivity contribution < 1.29 is 4.79 Å². The van der Waals surface area contributed by atoms with Gasteiger partial charge >= 0.3 is 0 Å². The number of nitrogens with one attached hydrogen (secondary N) is 1. The molecule has 3 heteroatoms. The van der Waals surface area contributed by atoms with Crippen LogP contribution in [-0.2, 0) is 12.8 Å². The molecule has 0 aliphatic heterocycles. The number of carbonyl (C=O) groups is 1. The zero-order chi connectivity index (χ0) is 26.3. The summed E-state index contributed by atoms with van der Waals surface area (Å²) in [6.07, 6.45) is 8.08. The Morgan fingerprint density at radius 1 is 0.972 bits per heavy atom. The van der Waals surface area contributed by atoms with Crippen molar-refractivity contribution in [1.82, 2.24) is 4.98 Å². The number of benzene rings is 2. The van der Waals surface area contributed by atoms with Crippen molar-refractivity contribution in [3.63, 3.8) is 0 Å². The van der Waals surface area contributed by atoms with Crippen molar-refractivity contribution in [3.8, 4) is 0 Å². The minimum atomic E-state index is 0.163. The predicted octanol–water partition coefficient (Wildman–Crippen LogP) is 8.58. The van der Waals surface area contributed by atoms with Crippen LogP contribution in [0.4, 0.5) is 5.69 Å². The first-order valence-corrected chi connectivity index (χ1v) is 13.2. The fraction of sp³-hybridized carbons (Fsp3) is 0.333. The number of anilines is 1. The van der Waals surface area contributed by atoms with Crippen LogP contribution in [0.1, 0.15) is 75.1 Å². The fourth-order valence-electron chi connectivity index (χ4n) is 4.37. The van der Waals surface area contributed by atoms with Crippen LogP contribution < -0.4 is 5.32 Å². The van der Waals surface area contributed by atoms with Crippen LogP contribution in [0.15, 0.2) is 90.7 Å². The molecule has 1 N–H and O–H groups in total. The van der Waals surface area contributed by atoms with Crippen molar-refractivity contribution in [2.24, 2.45) is 5.92 Å². The fourth-order valence-corrected chi connectivity index (χ4v) is 4.37. The van der Waals surface area contributed by atoms with Crippen LogP contribution in [0.25, 0.3) is 5.57 Å². The van der Waals surface area contributed by atoms with E-state index in [9.17, 15) is 4.79 Å². The standard InChI is InChI=1S/C31H36N2O.C2H6/c1-5-11-24(4)31(23(2)3)26-16-17-28(30(34)18-15-25-12-7-6-8-13-25)29(22-26)33-21-19-27-14-9-10-20-32-27;1-2/h5-14,16-17,20,22-23,33H,15,18-19,21H2,1-4H3;1-2H3/b11-5-,31-24+;. The number of ketones is 1. The Balaban J connectivity index is 0.00000222. The van der Waals surface area contributed by atoms with Gasteiger partial charge < -0.3 is 5.32 Å². The average molecular weight is 483 g/mol. The minimum absolute atomic E-state index is 0.163. The summed E-state index contributed by atoms with van der Waals surface area (Å²) in [6.45, 7) is 13.3. The first-order valence-electron chi connectivity index (χ1n) is 13.2. The van der Waals surface area contributed by atoms with Crippen molar-refractivity contribution >= 4 is 17.0 Å². The largest absolute Gasteiger partial charge is 0.384 e. The summed E-state index contributed by atoms with van der Waals surface area (Å²) in [5.41, 5.74) is 7.59. The van der Waals surface area contributed by atoms with Crippen LogP contribution in [0, 0.1) is 5.92 Å².